The van der Waals surface area contributed by atoms with Crippen LogP contribution in [0.15, 0.2) is 12.1 Å². The van der Waals surface area contributed by atoms with Crippen molar-refractivity contribution in [3.63, 3.8) is 0 Å². The van der Waals surface area contributed by atoms with E-state index in [4.69, 9.17) is 38.8 Å². The highest BCUT2D eigenvalue weighted by Crippen LogP contribution is 2.38. The zero-order valence-corrected chi connectivity index (χ0v) is 18.0. The average Bonchev–Trinajstić information content (AvgIpc) is 3.24. The molecule has 2 saturated heterocycles. The van der Waals surface area contributed by atoms with Gasteiger partial charge >= 0.3 is 12.1 Å². The standard InChI is InChI=1S/C17H23Cl2N3O2.C2HF3O2/c18-13-7-12(15(23)8-14(13)19)16(20)10-2-5-22(6-3-10)17(24)11-1-4-21-9-11;3-2(4,5)1(6)7/h7-8,10-11,16,21,23H,1-6,9,20H2;(H,6,7)/t11-,16?;/m1./s1. The second-order valence-electron chi connectivity index (χ2n) is 7.51. The Bertz CT molecular complexity index is 796. The molecule has 1 unspecified atom stereocenters. The number of nitrogens with two attached hydrogens (primary N) is 1. The van der Waals surface area contributed by atoms with Crippen LogP contribution in [0.25, 0.3) is 0 Å². The summed E-state index contributed by atoms with van der Waals surface area (Å²) in [4.78, 5) is 23.3. The molecule has 1 aromatic carbocycles. The number of carbonyl (C=O) groups is 2. The van der Waals surface area contributed by atoms with Gasteiger partial charge in [-0.05, 0) is 37.8 Å². The van der Waals surface area contributed by atoms with Gasteiger partial charge in [-0.1, -0.05) is 23.2 Å². The fourth-order valence-electron chi connectivity index (χ4n) is 3.68. The number of benzene rings is 1. The van der Waals surface area contributed by atoms with Crippen molar-refractivity contribution in [1.82, 2.24) is 10.2 Å². The molecule has 31 heavy (non-hydrogen) atoms. The van der Waals surface area contributed by atoms with Gasteiger partial charge < -0.3 is 26.2 Å². The molecule has 0 saturated carbocycles. The van der Waals surface area contributed by atoms with Crippen LogP contribution >= 0.6 is 23.2 Å². The second kappa shape index (κ2) is 10.7. The summed E-state index contributed by atoms with van der Waals surface area (Å²) >= 11 is 12.0. The van der Waals surface area contributed by atoms with Crippen molar-refractivity contribution in [2.24, 2.45) is 17.6 Å². The van der Waals surface area contributed by atoms with Crippen LogP contribution in [0.2, 0.25) is 10.0 Å². The van der Waals surface area contributed by atoms with E-state index < -0.39 is 12.1 Å². The molecule has 5 N–H and O–H groups in total. The maximum absolute atomic E-state index is 12.5. The number of carboxylic acids is 1. The van der Waals surface area contributed by atoms with Gasteiger partial charge in [0.05, 0.1) is 16.0 Å². The van der Waals surface area contributed by atoms with Crippen LogP contribution in [0.3, 0.4) is 0 Å². The van der Waals surface area contributed by atoms with Gasteiger partial charge in [-0.25, -0.2) is 4.79 Å². The fraction of sp³-hybridized carbons (Fsp3) is 0.579. The lowest BCUT2D eigenvalue weighted by atomic mass is 9.85. The van der Waals surface area contributed by atoms with Gasteiger partial charge in [-0.3, -0.25) is 4.79 Å². The smallest absolute Gasteiger partial charge is 0.490 e. The topological polar surface area (TPSA) is 116 Å². The quantitative estimate of drug-likeness (QED) is 0.522. The van der Waals surface area contributed by atoms with E-state index in [2.05, 4.69) is 5.32 Å². The van der Waals surface area contributed by atoms with Crippen LogP contribution < -0.4 is 11.1 Å². The number of hydrogen-bond donors (Lipinski definition) is 4. The summed E-state index contributed by atoms with van der Waals surface area (Å²) in [7, 11) is 0. The van der Waals surface area contributed by atoms with Crippen molar-refractivity contribution in [2.75, 3.05) is 26.2 Å². The highest BCUT2D eigenvalue weighted by molar-refractivity contribution is 6.42. The summed E-state index contributed by atoms with van der Waals surface area (Å²) < 4.78 is 31.7. The molecule has 2 heterocycles. The number of phenolic OH excluding ortho intramolecular Hbond substituents is 1. The number of carbonyl (C=O) groups excluding carboxylic acids is 1. The molecule has 3 rings (SSSR count). The fourth-order valence-corrected chi connectivity index (χ4v) is 4.01. The number of amides is 1. The monoisotopic (exact) mass is 485 g/mol. The predicted molar refractivity (Wildman–Crippen MR) is 109 cm³/mol. The third-order valence-electron chi connectivity index (χ3n) is 5.44. The Morgan fingerprint density at radius 3 is 2.19 bits per heavy atom. The number of likely N-dealkylation sites (tertiary alicyclic amines) is 1. The maximum Gasteiger partial charge on any atom is 0.490 e. The van der Waals surface area contributed by atoms with Crippen molar-refractivity contribution in [2.45, 2.75) is 31.5 Å². The Labute approximate surface area is 187 Å². The molecular formula is C19H24Cl2F3N3O4. The van der Waals surface area contributed by atoms with E-state index in [0.29, 0.717) is 15.6 Å². The summed E-state index contributed by atoms with van der Waals surface area (Å²) in [5.41, 5.74) is 6.98. The molecule has 0 aromatic heterocycles. The molecule has 2 fully saturated rings. The molecule has 12 heteroatoms. The lowest BCUT2D eigenvalue weighted by molar-refractivity contribution is -0.192. The summed E-state index contributed by atoms with van der Waals surface area (Å²) in [6.45, 7) is 3.15. The zero-order chi connectivity index (χ0) is 23.3. The Morgan fingerprint density at radius 2 is 1.71 bits per heavy atom. The number of aromatic hydroxyl groups is 1. The van der Waals surface area contributed by atoms with Crippen LogP contribution in [0.4, 0.5) is 13.2 Å². The predicted octanol–water partition coefficient (Wildman–Crippen LogP) is 3.18. The summed E-state index contributed by atoms with van der Waals surface area (Å²) in [6.07, 6.45) is -2.51. The molecule has 1 amide bonds. The number of phenols is 1. The van der Waals surface area contributed by atoms with Crippen LogP contribution in [-0.2, 0) is 9.59 Å². The largest absolute Gasteiger partial charge is 0.508 e. The minimum atomic E-state index is -5.08. The number of alkyl halides is 3. The van der Waals surface area contributed by atoms with Gasteiger partial charge in [0.1, 0.15) is 5.75 Å². The van der Waals surface area contributed by atoms with E-state index in [9.17, 15) is 23.1 Å². The van der Waals surface area contributed by atoms with Gasteiger partial charge in [0.15, 0.2) is 0 Å². The number of carboxylic acid groups (broad SMARTS) is 1. The van der Waals surface area contributed by atoms with E-state index in [0.717, 1.165) is 45.4 Å². The molecule has 0 bridgehead atoms. The van der Waals surface area contributed by atoms with Crippen molar-refractivity contribution in [1.29, 1.82) is 0 Å². The Balaban J connectivity index is 0.000000423. The highest BCUT2D eigenvalue weighted by atomic mass is 35.5. The van der Waals surface area contributed by atoms with Crippen LogP contribution in [-0.4, -0.2) is 59.3 Å². The molecule has 1 aromatic rings. The van der Waals surface area contributed by atoms with Crippen molar-refractivity contribution < 1.29 is 33.0 Å². The number of aliphatic carboxylic acids is 1. The summed E-state index contributed by atoms with van der Waals surface area (Å²) in [6, 6.07) is 2.77. The zero-order valence-electron chi connectivity index (χ0n) is 16.5. The van der Waals surface area contributed by atoms with Crippen LogP contribution in [0.5, 0.6) is 5.75 Å². The van der Waals surface area contributed by atoms with E-state index in [1.54, 1.807) is 6.07 Å². The number of nitrogens with zero attached hydrogens (tertiary/aromatic N) is 1. The SMILES string of the molecule is NC(c1cc(Cl)c(Cl)cc1O)C1CCN(C(=O)[C@@H]2CCNC2)CC1.O=C(O)C(F)(F)F. The first-order valence-electron chi connectivity index (χ1n) is 9.65. The Hall–Kier alpha value is -1.75. The third kappa shape index (κ3) is 6.86. The Kier molecular flexibility index (Phi) is 8.82. The molecule has 0 spiro atoms. The van der Waals surface area contributed by atoms with Gasteiger partial charge in [-0.15, -0.1) is 0 Å². The van der Waals surface area contributed by atoms with E-state index in [1.807, 2.05) is 4.90 Å². The van der Waals surface area contributed by atoms with Gasteiger partial charge in [0, 0.05) is 37.3 Å². The van der Waals surface area contributed by atoms with E-state index >= 15 is 0 Å². The van der Waals surface area contributed by atoms with E-state index in [1.165, 1.54) is 6.07 Å². The average molecular weight is 486 g/mol. The molecular weight excluding hydrogens is 462 g/mol. The molecule has 7 nitrogen and oxygen atoms in total. The number of piperidine rings is 1. The van der Waals surface area contributed by atoms with Crippen molar-refractivity contribution in [3.8, 4) is 5.75 Å². The number of nitrogens with one attached hydrogen (secondary N) is 1. The van der Waals surface area contributed by atoms with Crippen LogP contribution in [0.1, 0.15) is 30.9 Å². The first-order chi connectivity index (χ1) is 14.4. The number of rotatable bonds is 3. The van der Waals surface area contributed by atoms with Gasteiger partial charge in [0.25, 0.3) is 0 Å². The van der Waals surface area contributed by atoms with Crippen molar-refractivity contribution >= 4 is 35.1 Å². The molecule has 0 aliphatic carbocycles. The Morgan fingerprint density at radius 1 is 1.16 bits per heavy atom. The first-order valence-corrected chi connectivity index (χ1v) is 10.4. The normalized spacial score (nSPS) is 20.7. The summed E-state index contributed by atoms with van der Waals surface area (Å²) in [5, 5.41) is 21.2. The minimum Gasteiger partial charge on any atom is -0.508 e. The highest BCUT2D eigenvalue weighted by Gasteiger charge is 2.38. The number of hydrogen-bond acceptors (Lipinski definition) is 5. The van der Waals surface area contributed by atoms with Crippen LogP contribution in [0, 0.1) is 11.8 Å². The van der Waals surface area contributed by atoms with Gasteiger partial charge in [-0.2, -0.15) is 13.2 Å². The summed E-state index contributed by atoms with van der Waals surface area (Å²) in [5.74, 6) is -2.10. The first kappa shape index (κ1) is 25.5. The second-order valence-corrected chi connectivity index (χ2v) is 8.32. The number of halogens is 5. The van der Waals surface area contributed by atoms with Crippen molar-refractivity contribution in [3.05, 3.63) is 27.7 Å². The van der Waals surface area contributed by atoms with Gasteiger partial charge in [0.2, 0.25) is 5.91 Å². The molecule has 2 aliphatic heterocycles. The molecule has 0 radical (unpaired) electrons. The molecule has 2 atom stereocenters. The third-order valence-corrected chi connectivity index (χ3v) is 6.16. The maximum atomic E-state index is 12.5. The van der Waals surface area contributed by atoms with E-state index in [-0.39, 0.29) is 29.5 Å². The minimum absolute atomic E-state index is 0.0763. The molecule has 2 aliphatic rings. The lowest BCUT2D eigenvalue weighted by Crippen LogP contribution is -2.44. The molecule has 174 valence electrons. The lowest BCUT2D eigenvalue weighted by Gasteiger charge is -2.36.